The Labute approximate surface area is 126 Å². The summed E-state index contributed by atoms with van der Waals surface area (Å²) in [4.78, 5) is 28.0. The molecule has 0 N–H and O–H groups in total. The topological polar surface area (TPSA) is 56.3 Å². The van der Waals surface area contributed by atoms with E-state index in [9.17, 15) is 9.59 Å². The highest BCUT2D eigenvalue weighted by Crippen LogP contribution is 2.40. The molecule has 0 atom stereocenters. The number of aromatic nitrogens is 1. The first-order valence-corrected chi connectivity index (χ1v) is 7.62. The monoisotopic (exact) mass is 301 g/mol. The van der Waals surface area contributed by atoms with Crippen molar-refractivity contribution in [3.63, 3.8) is 0 Å². The molecule has 0 radical (unpaired) electrons. The molecule has 1 aromatic heterocycles. The number of Topliss-reactive ketones (excluding diaryl/α,β-unsaturated/α-hetero) is 1. The first kappa shape index (κ1) is 13.9. The first-order chi connectivity index (χ1) is 10.1. The summed E-state index contributed by atoms with van der Waals surface area (Å²) in [5.41, 5.74) is 2.37. The fraction of sp³-hybridized carbons (Fsp3) is 0.312. The maximum absolute atomic E-state index is 11.7. The van der Waals surface area contributed by atoms with Crippen LogP contribution in [-0.4, -0.2) is 23.8 Å². The molecule has 1 saturated carbocycles. The van der Waals surface area contributed by atoms with Crippen molar-refractivity contribution in [2.24, 2.45) is 0 Å². The number of benzene rings is 1. The average molecular weight is 301 g/mol. The minimum atomic E-state index is -0.572. The van der Waals surface area contributed by atoms with Gasteiger partial charge >= 0.3 is 5.97 Å². The molecule has 5 heteroatoms. The normalized spacial score (nSPS) is 14.0. The molecule has 4 nitrogen and oxygen atoms in total. The predicted octanol–water partition coefficient (Wildman–Crippen LogP) is 3.68. The van der Waals surface area contributed by atoms with E-state index in [0.29, 0.717) is 15.8 Å². The first-order valence-electron chi connectivity index (χ1n) is 6.80. The standard InChI is InChI=1S/C16H15NO3S/c1-9(18)14-13(16(19)20-2)17-15(21-14)12-7-5-11(6-8-12)10-3-4-10/h5-8,10H,3-4H2,1-2H3. The second-order valence-corrected chi connectivity index (χ2v) is 6.14. The molecular formula is C16H15NO3S. The third-order valence-corrected chi connectivity index (χ3v) is 4.74. The zero-order chi connectivity index (χ0) is 15.0. The molecular weight excluding hydrogens is 286 g/mol. The molecule has 0 amide bonds. The number of carbonyl (C=O) groups is 2. The Bertz CT molecular complexity index is 699. The maximum atomic E-state index is 11.7. The van der Waals surface area contributed by atoms with Crippen LogP contribution < -0.4 is 0 Å². The van der Waals surface area contributed by atoms with Gasteiger partial charge in [0.05, 0.1) is 7.11 Å². The Morgan fingerprint density at radius 3 is 2.43 bits per heavy atom. The fourth-order valence-corrected chi connectivity index (χ4v) is 3.19. The lowest BCUT2D eigenvalue weighted by Gasteiger charge is -1.99. The number of hydrogen-bond acceptors (Lipinski definition) is 5. The SMILES string of the molecule is COC(=O)c1nc(-c2ccc(C3CC3)cc2)sc1C(C)=O. The van der Waals surface area contributed by atoms with Gasteiger partial charge in [0.15, 0.2) is 11.5 Å². The summed E-state index contributed by atoms with van der Waals surface area (Å²) in [7, 11) is 1.29. The van der Waals surface area contributed by atoms with Crippen LogP contribution in [0.1, 0.15) is 51.4 Å². The van der Waals surface area contributed by atoms with Crippen molar-refractivity contribution in [2.75, 3.05) is 7.11 Å². The number of ether oxygens (including phenoxy) is 1. The van der Waals surface area contributed by atoms with Crippen LogP contribution in [0.15, 0.2) is 24.3 Å². The van der Waals surface area contributed by atoms with Crippen LogP contribution >= 0.6 is 11.3 Å². The van der Waals surface area contributed by atoms with E-state index in [1.54, 1.807) is 0 Å². The number of esters is 1. The van der Waals surface area contributed by atoms with Gasteiger partial charge in [-0.2, -0.15) is 0 Å². The highest BCUT2D eigenvalue weighted by atomic mass is 32.1. The molecule has 3 rings (SSSR count). The van der Waals surface area contributed by atoms with Crippen LogP contribution in [0.2, 0.25) is 0 Å². The van der Waals surface area contributed by atoms with Gasteiger partial charge in [0, 0.05) is 12.5 Å². The van der Waals surface area contributed by atoms with Crippen molar-refractivity contribution < 1.29 is 14.3 Å². The Morgan fingerprint density at radius 1 is 1.24 bits per heavy atom. The molecule has 0 saturated heterocycles. The van der Waals surface area contributed by atoms with E-state index < -0.39 is 5.97 Å². The third kappa shape index (κ3) is 2.74. The molecule has 0 aliphatic heterocycles. The Kier molecular flexibility index (Phi) is 3.59. The number of hydrogen-bond donors (Lipinski definition) is 0. The highest BCUT2D eigenvalue weighted by molar-refractivity contribution is 7.17. The van der Waals surface area contributed by atoms with E-state index in [4.69, 9.17) is 0 Å². The molecule has 2 aromatic rings. The molecule has 1 fully saturated rings. The van der Waals surface area contributed by atoms with Crippen LogP contribution in [0, 0.1) is 0 Å². The number of thiazole rings is 1. The summed E-state index contributed by atoms with van der Waals surface area (Å²) in [5.74, 6) is -0.0418. The zero-order valence-electron chi connectivity index (χ0n) is 11.9. The summed E-state index contributed by atoms with van der Waals surface area (Å²) in [5, 5.41) is 0.669. The van der Waals surface area contributed by atoms with Gasteiger partial charge in [-0.05, 0) is 24.3 Å². The van der Waals surface area contributed by atoms with Gasteiger partial charge in [0.1, 0.15) is 9.88 Å². The van der Waals surface area contributed by atoms with E-state index >= 15 is 0 Å². The highest BCUT2D eigenvalue weighted by Gasteiger charge is 2.24. The van der Waals surface area contributed by atoms with Crippen molar-refractivity contribution in [3.05, 3.63) is 40.4 Å². The lowest BCUT2D eigenvalue weighted by Crippen LogP contribution is -2.06. The maximum Gasteiger partial charge on any atom is 0.358 e. The van der Waals surface area contributed by atoms with E-state index in [1.807, 2.05) is 12.1 Å². The Hall–Kier alpha value is -2.01. The van der Waals surface area contributed by atoms with Crippen molar-refractivity contribution >= 4 is 23.1 Å². The number of ketones is 1. The number of carbonyl (C=O) groups excluding carboxylic acids is 2. The minimum absolute atomic E-state index is 0.108. The van der Waals surface area contributed by atoms with E-state index in [1.165, 1.54) is 43.8 Å². The Balaban J connectivity index is 1.97. The lowest BCUT2D eigenvalue weighted by atomic mass is 10.1. The molecule has 0 spiro atoms. The van der Waals surface area contributed by atoms with Gasteiger partial charge in [-0.25, -0.2) is 9.78 Å². The van der Waals surface area contributed by atoms with Crippen molar-refractivity contribution in [3.8, 4) is 10.6 Å². The van der Waals surface area contributed by atoms with Crippen LogP contribution in [0.5, 0.6) is 0 Å². The average Bonchev–Trinajstić information content (AvgIpc) is 3.24. The molecule has 1 aliphatic rings. The van der Waals surface area contributed by atoms with E-state index in [0.717, 1.165) is 5.56 Å². The summed E-state index contributed by atoms with van der Waals surface area (Å²) in [6, 6.07) is 8.19. The van der Waals surface area contributed by atoms with Crippen LogP contribution in [0.4, 0.5) is 0 Å². The predicted molar refractivity (Wildman–Crippen MR) is 80.9 cm³/mol. The molecule has 1 aromatic carbocycles. The Morgan fingerprint density at radius 2 is 1.90 bits per heavy atom. The van der Waals surface area contributed by atoms with Crippen LogP contribution in [-0.2, 0) is 4.74 Å². The summed E-state index contributed by atoms with van der Waals surface area (Å²) in [6.07, 6.45) is 2.52. The van der Waals surface area contributed by atoms with Crippen LogP contribution in [0.3, 0.4) is 0 Å². The molecule has 1 aliphatic carbocycles. The van der Waals surface area contributed by atoms with Gasteiger partial charge in [0.2, 0.25) is 0 Å². The number of nitrogens with zero attached hydrogens (tertiary/aromatic N) is 1. The lowest BCUT2D eigenvalue weighted by molar-refractivity contribution is 0.0591. The summed E-state index contributed by atoms with van der Waals surface area (Å²) < 4.78 is 4.69. The van der Waals surface area contributed by atoms with Crippen molar-refractivity contribution in [1.29, 1.82) is 0 Å². The molecule has 1 heterocycles. The second-order valence-electron chi connectivity index (χ2n) is 5.14. The second kappa shape index (κ2) is 5.41. The quantitative estimate of drug-likeness (QED) is 0.638. The van der Waals surface area contributed by atoms with Crippen molar-refractivity contribution in [2.45, 2.75) is 25.7 Å². The molecule has 108 valence electrons. The summed E-state index contributed by atoms with van der Waals surface area (Å²) in [6.45, 7) is 1.43. The van der Waals surface area contributed by atoms with Gasteiger partial charge in [-0.1, -0.05) is 24.3 Å². The van der Waals surface area contributed by atoms with E-state index in [-0.39, 0.29) is 11.5 Å². The van der Waals surface area contributed by atoms with Gasteiger partial charge in [-0.15, -0.1) is 11.3 Å². The fourth-order valence-electron chi connectivity index (χ4n) is 2.23. The zero-order valence-corrected chi connectivity index (χ0v) is 12.7. The number of rotatable bonds is 4. The molecule has 21 heavy (non-hydrogen) atoms. The van der Waals surface area contributed by atoms with Gasteiger partial charge in [0.25, 0.3) is 0 Å². The minimum Gasteiger partial charge on any atom is -0.464 e. The largest absolute Gasteiger partial charge is 0.464 e. The smallest absolute Gasteiger partial charge is 0.358 e. The third-order valence-electron chi connectivity index (χ3n) is 3.53. The van der Waals surface area contributed by atoms with E-state index in [2.05, 4.69) is 21.9 Å². The number of methoxy groups -OCH3 is 1. The molecule has 0 bridgehead atoms. The van der Waals surface area contributed by atoms with Crippen LogP contribution in [0.25, 0.3) is 10.6 Å². The van der Waals surface area contributed by atoms with Gasteiger partial charge in [-0.3, -0.25) is 4.79 Å². The van der Waals surface area contributed by atoms with Crippen molar-refractivity contribution in [1.82, 2.24) is 4.98 Å². The molecule has 0 unspecified atom stereocenters. The van der Waals surface area contributed by atoms with Gasteiger partial charge < -0.3 is 4.74 Å². The summed E-state index contributed by atoms with van der Waals surface area (Å²) >= 11 is 1.23.